The van der Waals surface area contributed by atoms with Gasteiger partial charge < -0.3 is 24.4 Å². The number of carbonyl (C=O) groups is 1. The number of benzene rings is 2. The van der Waals surface area contributed by atoms with E-state index in [9.17, 15) is 4.79 Å². The van der Waals surface area contributed by atoms with Gasteiger partial charge in [-0.25, -0.2) is 4.79 Å². The lowest BCUT2D eigenvalue weighted by molar-refractivity contribution is 0.170. The molecule has 0 bridgehead atoms. The molecule has 4 rings (SSSR count). The van der Waals surface area contributed by atoms with Gasteiger partial charge in [-0.1, -0.05) is 17.7 Å². The summed E-state index contributed by atoms with van der Waals surface area (Å²) in [5, 5.41) is 3.58. The van der Waals surface area contributed by atoms with Gasteiger partial charge in [0, 0.05) is 17.6 Å². The van der Waals surface area contributed by atoms with Crippen LogP contribution in [0.25, 0.3) is 0 Å². The first-order valence-corrected chi connectivity index (χ1v) is 9.76. The first kappa shape index (κ1) is 18.7. The van der Waals surface area contributed by atoms with E-state index in [0.29, 0.717) is 36.2 Å². The second-order valence-electron chi connectivity index (χ2n) is 6.99. The van der Waals surface area contributed by atoms with Crippen molar-refractivity contribution >= 4 is 23.3 Å². The third kappa shape index (κ3) is 3.56. The predicted molar refractivity (Wildman–Crippen MR) is 108 cm³/mol. The standard InChI is InChI=1S/C21H23ClN2O4/c1-13-10-16(19(26-2)12-15(13)22)23-21(25)24-7-3-4-17(24)14-5-6-18-20(11-14)28-9-8-27-18/h5-6,10-12,17H,3-4,7-9H2,1-2H3,(H,23,25)/t17-/m0/s1. The molecule has 0 aliphatic carbocycles. The fourth-order valence-corrected chi connectivity index (χ4v) is 3.89. The molecule has 2 heterocycles. The first-order chi connectivity index (χ1) is 13.6. The number of hydrogen-bond donors (Lipinski definition) is 1. The molecular formula is C21H23ClN2O4. The smallest absolute Gasteiger partial charge is 0.322 e. The number of fused-ring (bicyclic) bond motifs is 1. The number of hydrogen-bond acceptors (Lipinski definition) is 4. The number of ether oxygens (including phenoxy) is 3. The van der Waals surface area contributed by atoms with Gasteiger partial charge in [0.1, 0.15) is 19.0 Å². The highest BCUT2D eigenvalue weighted by atomic mass is 35.5. The Morgan fingerprint density at radius 3 is 2.79 bits per heavy atom. The van der Waals surface area contributed by atoms with Gasteiger partial charge in [-0.2, -0.15) is 0 Å². The van der Waals surface area contributed by atoms with Crippen LogP contribution in [-0.2, 0) is 0 Å². The molecule has 2 aliphatic heterocycles. The van der Waals surface area contributed by atoms with Crippen LogP contribution in [0.5, 0.6) is 17.2 Å². The van der Waals surface area contributed by atoms with Crippen LogP contribution in [0.3, 0.4) is 0 Å². The summed E-state index contributed by atoms with van der Waals surface area (Å²) in [5.41, 5.74) is 2.54. The lowest BCUT2D eigenvalue weighted by atomic mass is 10.0. The third-order valence-corrected chi connectivity index (χ3v) is 5.59. The molecule has 6 nitrogen and oxygen atoms in total. The maximum absolute atomic E-state index is 13.0. The summed E-state index contributed by atoms with van der Waals surface area (Å²) in [4.78, 5) is 14.9. The fourth-order valence-electron chi connectivity index (χ4n) is 3.74. The number of aryl methyl sites for hydroxylation is 1. The van der Waals surface area contributed by atoms with E-state index in [4.69, 9.17) is 25.8 Å². The summed E-state index contributed by atoms with van der Waals surface area (Å²) >= 11 is 6.16. The zero-order chi connectivity index (χ0) is 19.7. The summed E-state index contributed by atoms with van der Waals surface area (Å²) in [6, 6.07) is 9.30. The molecule has 0 unspecified atom stereocenters. The summed E-state index contributed by atoms with van der Waals surface area (Å²) in [6.07, 6.45) is 1.85. The summed E-state index contributed by atoms with van der Waals surface area (Å²) in [5.74, 6) is 2.04. The van der Waals surface area contributed by atoms with Gasteiger partial charge >= 0.3 is 6.03 Å². The van der Waals surface area contributed by atoms with Crippen LogP contribution < -0.4 is 19.5 Å². The van der Waals surface area contributed by atoms with Crippen molar-refractivity contribution in [2.24, 2.45) is 0 Å². The number of amides is 2. The van der Waals surface area contributed by atoms with Crippen molar-refractivity contribution in [2.75, 3.05) is 32.2 Å². The predicted octanol–water partition coefficient (Wildman–Crippen LogP) is 4.80. The largest absolute Gasteiger partial charge is 0.495 e. The van der Waals surface area contributed by atoms with Crippen LogP contribution >= 0.6 is 11.6 Å². The molecule has 1 N–H and O–H groups in total. The molecule has 0 saturated carbocycles. The van der Waals surface area contributed by atoms with E-state index in [1.165, 1.54) is 0 Å². The van der Waals surface area contributed by atoms with Crippen molar-refractivity contribution in [3.05, 3.63) is 46.5 Å². The Bertz CT molecular complexity index is 902. The molecule has 2 aromatic carbocycles. The van der Waals surface area contributed by atoms with Crippen LogP contribution in [0.15, 0.2) is 30.3 Å². The molecule has 148 valence electrons. The second kappa shape index (κ2) is 7.80. The van der Waals surface area contributed by atoms with Crippen LogP contribution in [0, 0.1) is 6.92 Å². The molecule has 0 radical (unpaired) electrons. The fraction of sp³-hybridized carbons (Fsp3) is 0.381. The number of nitrogens with zero attached hydrogens (tertiary/aromatic N) is 1. The van der Waals surface area contributed by atoms with Crippen molar-refractivity contribution in [3.8, 4) is 17.2 Å². The molecular weight excluding hydrogens is 380 g/mol. The van der Waals surface area contributed by atoms with Gasteiger partial charge in [0.2, 0.25) is 0 Å². The van der Waals surface area contributed by atoms with Crippen molar-refractivity contribution in [2.45, 2.75) is 25.8 Å². The number of carbonyl (C=O) groups excluding carboxylic acids is 1. The minimum Gasteiger partial charge on any atom is -0.495 e. The lowest BCUT2D eigenvalue weighted by Crippen LogP contribution is -2.34. The van der Waals surface area contributed by atoms with Crippen LogP contribution in [0.1, 0.15) is 30.0 Å². The van der Waals surface area contributed by atoms with Gasteiger partial charge in [-0.3, -0.25) is 0 Å². The van der Waals surface area contributed by atoms with Crippen molar-refractivity contribution in [1.82, 2.24) is 4.90 Å². The van der Waals surface area contributed by atoms with Gasteiger partial charge in [0.25, 0.3) is 0 Å². The average Bonchev–Trinajstić information content (AvgIpc) is 3.20. The van der Waals surface area contributed by atoms with Gasteiger partial charge in [0.15, 0.2) is 11.5 Å². The van der Waals surface area contributed by atoms with E-state index < -0.39 is 0 Å². The number of urea groups is 1. The molecule has 28 heavy (non-hydrogen) atoms. The highest BCUT2D eigenvalue weighted by molar-refractivity contribution is 6.31. The molecule has 2 aromatic rings. The van der Waals surface area contributed by atoms with Crippen LogP contribution in [0.4, 0.5) is 10.5 Å². The van der Waals surface area contributed by atoms with Gasteiger partial charge in [0.05, 0.1) is 18.8 Å². The normalized spacial score (nSPS) is 18.1. The Labute approximate surface area is 169 Å². The van der Waals surface area contributed by atoms with Gasteiger partial charge in [-0.15, -0.1) is 0 Å². The maximum atomic E-state index is 13.0. The van der Waals surface area contributed by atoms with E-state index in [2.05, 4.69) is 5.32 Å². The molecule has 2 aliphatic rings. The minimum absolute atomic E-state index is 0.00443. The zero-order valence-corrected chi connectivity index (χ0v) is 16.7. The zero-order valence-electron chi connectivity index (χ0n) is 16.0. The average molecular weight is 403 g/mol. The maximum Gasteiger partial charge on any atom is 0.322 e. The van der Waals surface area contributed by atoms with Crippen molar-refractivity contribution in [3.63, 3.8) is 0 Å². The van der Waals surface area contributed by atoms with E-state index in [1.54, 1.807) is 13.2 Å². The summed E-state index contributed by atoms with van der Waals surface area (Å²) in [7, 11) is 1.56. The number of anilines is 1. The highest BCUT2D eigenvalue weighted by Gasteiger charge is 2.31. The molecule has 1 saturated heterocycles. The Hall–Kier alpha value is -2.60. The number of rotatable bonds is 3. The topological polar surface area (TPSA) is 60.0 Å². The quantitative estimate of drug-likeness (QED) is 0.801. The molecule has 7 heteroatoms. The summed E-state index contributed by atoms with van der Waals surface area (Å²) in [6.45, 7) is 3.69. The number of likely N-dealkylation sites (tertiary alicyclic amines) is 1. The Morgan fingerprint density at radius 2 is 2.00 bits per heavy atom. The Kier molecular flexibility index (Phi) is 5.22. The Balaban J connectivity index is 1.55. The molecule has 1 atom stereocenters. The first-order valence-electron chi connectivity index (χ1n) is 9.38. The number of nitrogens with one attached hydrogen (secondary N) is 1. The van der Waals surface area contributed by atoms with Crippen LogP contribution in [-0.4, -0.2) is 37.8 Å². The lowest BCUT2D eigenvalue weighted by Gasteiger charge is -2.27. The number of halogens is 1. The number of methoxy groups -OCH3 is 1. The SMILES string of the molecule is COc1cc(Cl)c(C)cc1NC(=O)N1CCC[C@H]1c1ccc2c(c1)OCCO2. The molecule has 0 spiro atoms. The van der Waals surface area contributed by atoms with Crippen molar-refractivity contribution < 1.29 is 19.0 Å². The highest BCUT2D eigenvalue weighted by Crippen LogP contribution is 2.39. The minimum atomic E-state index is -0.155. The molecule has 1 fully saturated rings. The van der Waals surface area contributed by atoms with E-state index in [1.807, 2.05) is 36.1 Å². The van der Waals surface area contributed by atoms with E-state index in [0.717, 1.165) is 35.5 Å². The summed E-state index contributed by atoms with van der Waals surface area (Å²) < 4.78 is 16.7. The van der Waals surface area contributed by atoms with Crippen molar-refractivity contribution in [1.29, 1.82) is 0 Å². The van der Waals surface area contributed by atoms with E-state index in [-0.39, 0.29) is 12.1 Å². The molecule has 2 amide bonds. The van der Waals surface area contributed by atoms with E-state index >= 15 is 0 Å². The van der Waals surface area contributed by atoms with Gasteiger partial charge in [-0.05, 0) is 49.1 Å². The second-order valence-corrected chi connectivity index (χ2v) is 7.39. The Morgan fingerprint density at radius 1 is 1.21 bits per heavy atom. The molecule has 0 aromatic heterocycles. The van der Waals surface area contributed by atoms with Crippen LogP contribution in [0.2, 0.25) is 5.02 Å². The third-order valence-electron chi connectivity index (χ3n) is 5.19. The monoisotopic (exact) mass is 402 g/mol.